The van der Waals surface area contributed by atoms with Crippen LogP contribution in [0.2, 0.25) is 0 Å². The van der Waals surface area contributed by atoms with E-state index in [9.17, 15) is 19.7 Å². The molecule has 0 radical (unpaired) electrons. The van der Waals surface area contributed by atoms with Crippen molar-refractivity contribution in [2.24, 2.45) is 4.99 Å². The minimum Gasteiger partial charge on any atom is -0.465 e. The van der Waals surface area contributed by atoms with Crippen molar-refractivity contribution in [3.05, 3.63) is 62.9 Å². The number of amides is 1. The largest absolute Gasteiger partial charge is 0.465 e. The topological polar surface area (TPSA) is 107 Å². The fraction of sp³-hybridized carbons (Fsp3) is 0.348. The molecule has 0 unspecified atom stereocenters. The lowest BCUT2D eigenvalue weighted by Crippen LogP contribution is -2.30. The van der Waals surface area contributed by atoms with E-state index in [1.165, 1.54) is 17.4 Å². The molecule has 2 heterocycles. The summed E-state index contributed by atoms with van der Waals surface area (Å²) in [7, 11) is 0. The summed E-state index contributed by atoms with van der Waals surface area (Å²) in [6.07, 6.45) is 3.08. The Bertz CT molecular complexity index is 1270. The average Bonchev–Trinajstić information content (AvgIpc) is 3.16. The number of para-hydroxylation sites is 1. The summed E-state index contributed by atoms with van der Waals surface area (Å²) in [4.78, 5) is 42.9. The predicted octanol–water partition coefficient (Wildman–Crippen LogP) is 3.91. The second-order valence-electron chi connectivity index (χ2n) is 7.67. The van der Waals surface area contributed by atoms with Crippen molar-refractivity contribution in [3.8, 4) is 0 Å². The third kappa shape index (κ3) is 4.95. The molecule has 1 aromatic heterocycles. The molecule has 0 aliphatic carbocycles. The van der Waals surface area contributed by atoms with E-state index in [-0.39, 0.29) is 24.4 Å². The van der Waals surface area contributed by atoms with E-state index < -0.39 is 16.8 Å². The third-order valence-corrected chi connectivity index (χ3v) is 6.55. The van der Waals surface area contributed by atoms with Crippen molar-refractivity contribution in [1.29, 1.82) is 0 Å². The molecule has 0 saturated carbocycles. The van der Waals surface area contributed by atoms with E-state index in [1.54, 1.807) is 23.6 Å². The Morgan fingerprint density at radius 2 is 1.91 bits per heavy atom. The monoisotopic (exact) mass is 468 g/mol. The van der Waals surface area contributed by atoms with Gasteiger partial charge in [0.2, 0.25) is 0 Å². The maximum atomic E-state index is 13.0. The van der Waals surface area contributed by atoms with Crippen LogP contribution in [0.4, 0.5) is 11.4 Å². The second kappa shape index (κ2) is 9.95. The Balaban J connectivity index is 1.72. The van der Waals surface area contributed by atoms with Crippen LogP contribution in [0, 0.1) is 10.1 Å². The Hall–Kier alpha value is -3.53. The number of benzene rings is 2. The van der Waals surface area contributed by atoms with E-state index >= 15 is 0 Å². The number of hydrogen-bond acceptors (Lipinski definition) is 7. The summed E-state index contributed by atoms with van der Waals surface area (Å²) in [5, 5.41) is 11.7. The number of carbonyl (C=O) groups is 2. The highest BCUT2D eigenvalue weighted by atomic mass is 32.1. The minimum atomic E-state index is -0.604. The average molecular weight is 469 g/mol. The number of fused-ring (bicyclic) bond motifs is 1. The standard InChI is InChI=1S/C23H24N4O5S/c1-2-32-21(28)15-26-18-8-4-5-9-20(18)33-23(26)24-22(29)16-10-11-17(19(14-16)27(30)31)25-12-6-3-7-13-25/h4-5,8-11,14H,2-3,6-7,12-13,15H2,1H3. The van der Waals surface area contributed by atoms with Crippen LogP contribution in [0.5, 0.6) is 0 Å². The van der Waals surface area contributed by atoms with Crippen LogP contribution in [0.3, 0.4) is 0 Å². The Labute approximate surface area is 194 Å². The molecular weight excluding hydrogens is 444 g/mol. The van der Waals surface area contributed by atoms with Gasteiger partial charge in [-0.2, -0.15) is 4.99 Å². The van der Waals surface area contributed by atoms with E-state index in [2.05, 4.69) is 4.99 Å². The fourth-order valence-corrected chi connectivity index (χ4v) is 4.98. The maximum absolute atomic E-state index is 13.0. The van der Waals surface area contributed by atoms with Crippen LogP contribution in [-0.2, 0) is 16.1 Å². The first-order valence-electron chi connectivity index (χ1n) is 10.8. The number of aromatic nitrogens is 1. The Morgan fingerprint density at radius 3 is 2.64 bits per heavy atom. The number of nitro benzene ring substituents is 1. The van der Waals surface area contributed by atoms with Crippen LogP contribution in [0.15, 0.2) is 47.5 Å². The molecule has 4 rings (SSSR count). The molecule has 172 valence electrons. The van der Waals surface area contributed by atoms with Gasteiger partial charge in [-0.15, -0.1) is 0 Å². The van der Waals surface area contributed by atoms with Crippen LogP contribution in [-0.4, -0.2) is 41.1 Å². The van der Waals surface area contributed by atoms with Crippen molar-refractivity contribution in [3.63, 3.8) is 0 Å². The summed E-state index contributed by atoms with van der Waals surface area (Å²) in [5.74, 6) is -1.04. The van der Waals surface area contributed by atoms with Crippen LogP contribution < -0.4 is 9.70 Å². The number of thiazole rings is 1. The summed E-state index contributed by atoms with van der Waals surface area (Å²) in [6.45, 7) is 3.41. The number of anilines is 1. The predicted molar refractivity (Wildman–Crippen MR) is 126 cm³/mol. The molecule has 0 bridgehead atoms. The zero-order chi connectivity index (χ0) is 23.4. The highest BCUT2D eigenvalue weighted by molar-refractivity contribution is 7.16. The smallest absolute Gasteiger partial charge is 0.326 e. The minimum absolute atomic E-state index is 0.0853. The molecule has 9 nitrogen and oxygen atoms in total. The first kappa shape index (κ1) is 22.7. The van der Waals surface area contributed by atoms with Crippen LogP contribution in [0.25, 0.3) is 10.2 Å². The zero-order valence-corrected chi connectivity index (χ0v) is 19.0. The van der Waals surface area contributed by atoms with E-state index in [0.29, 0.717) is 10.5 Å². The van der Waals surface area contributed by atoms with Gasteiger partial charge in [0.1, 0.15) is 12.2 Å². The van der Waals surface area contributed by atoms with E-state index in [1.807, 2.05) is 29.2 Å². The van der Waals surface area contributed by atoms with Gasteiger partial charge in [-0.3, -0.25) is 19.7 Å². The molecule has 1 aliphatic heterocycles. The van der Waals surface area contributed by atoms with Gasteiger partial charge >= 0.3 is 5.97 Å². The number of ether oxygens (including phenoxy) is 1. The van der Waals surface area contributed by atoms with Crippen LogP contribution >= 0.6 is 11.3 Å². The molecular formula is C23H24N4O5S. The van der Waals surface area contributed by atoms with Crippen molar-refractivity contribution in [2.45, 2.75) is 32.7 Å². The highest BCUT2D eigenvalue weighted by Crippen LogP contribution is 2.31. The van der Waals surface area contributed by atoms with Gasteiger partial charge in [0.05, 0.1) is 21.7 Å². The van der Waals surface area contributed by atoms with Gasteiger partial charge in [-0.05, 0) is 50.5 Å². The molecule has 10 heteroatoms. The zero-order valence-electron chi connectivity index (χ0n) is 18.2. The molecule has 3 aromatic rings. The van der Waals surface area contributed by atoms with Gasteiger partial charge in [-0.1, -0.05) is 23.5 Å². The lowest BCUT2D eigenvalue weighted by Gasteiger charge is -2.28. The summed E-state index contributed by atoms with van der Waals surface area (Å²) in [6, 6.07) is 11.9. The van der Waals surface area contributed by atoms with Crippen molar-refractivity contribution in [2.75, 3.05) is 24.6 Å². The fourth-order valence-electron chi connectivity index (χ4n) is 3.95. The van der Waals surface area contributed by atoms with Gasteiger partial charge in [0, 0.05) is 24.7 Å². The number of esters is 1. The summed E-state index contributed by atoms with van der Waals surface area (Å²) in [5.41, 5.74) is 1.31. The molecule has 33 heavy (non-hydrogen) atoms. The highest BCUT2D eigenvalue weighted by Gasteiger charge is 2.23. The Kier molecular flexibility index (Phi) is 6.83. The molecule has 1 fully saturated rings. The van der Waals surface area contributed by atoms with Crippen molar-refractivity contribution >= 4 is 44.8 Å². The molecule has 2 aromatic carbocycles. The molecule has 1 saturated heterocycles. The third-order valence-electron chi connectivity index (χ3n) is 5.49. The van der Waals surface area contributed by atoms with E-state index in [0.717, 1.165) is 42.6 Å². The number of hydrogen-bond donors (Lipinski definition) is 0. The number of rotatable bonds is 6. The van der Waals surface area contributed by atoms with Crippen molar-refractivity contribution < 1.29 is 19.2 Å². The van der Waals surface area contributed by atoms with Gasteiger partial charge < -0.3 is 14.2 Å². The van der Waals surface area contributed by atoms with Crippen LogP contribution in [0.1, 0.15) is 36.5 Å². The molecule has 0 N–H and O–H groups in total. The van der Waals surface area contributed by atoms with Crippen molar-refractivity contribution in [1.82, 2.24) is 4.57 Å². The SMILES string of the molecule is CCOC(=O)Cn1c(=NC(=O)c2ccc(N3CCCCC3)c([N+](=O)[O-])c2)sc2ccccc21. The summed E-state index contributed by atoms with van der Waals surface area (Å²) < 4.78 is 7.55. The lowest BCUT2D eigenvalue weighted by atomic mass is 10.1. The molecule has 1 aliphatic rings. The molecule has 0 spiro atoms. The number of nitrogens with zero attached hydrogens (tertiary/aromatic N) is 4. The first-order chi connectivity index (χ1) is 16.0. The lowest BCUT2D eigenvalue weighted by molar-refractivity contribution is -0.384. The number of piperidine rings is 1. The quantitative estimate of drug-likeness (QED) is 0.308. The molecule has 0 atom stereocenters. The molecule has 1 amide bonds. The summed E-state index contributed by atoms with van der Waals surface area (Å²) >= 11 is 1.27. The second-order valence-corrected chi connectivity index (χ2v) is 8.68. The van der Waals surface area contributed by atoms with Gasteiger partial charge in [-0.25, -0.2) is 0 Å². The van der Waals surface area contributed by atoms with Gasteiger partial charge in [0.15, 0.2) is 4.80 Å². The normalized spacial score (nSPS) is 14.5. The number of nitro groups is 1. The maximum Gasteiger partial charge on any atom is 0.326 e. The first-order valence-corrected chi connectivity index (χ1v) is 11.7. The number of carbonyl (C=O) groups excluding carboxylic acids is 2. The Morgan fingerprint density at radius 1 is 1.15 bits per heavy atom. The van der Waals surface area contributed by atoms with E-state index in [4.69, 9.17) is 4.74 Å². The van der Waals surface area contributed by atoms with Gasteiger partial charge in [0.25, 0.3) is 11.6 Å².